The van der Waals surface area contributed by atoms with Crippen molar-refractivity contribution in [2.75, 3.05) is 14.2 Å². The Hall–Kier alpha value is -1.50. The van der Waals surface area contributed by atoms with Gasteiger partial charge in [0.1, 0.15) is 6.04 Å². The average molecular weight is 307 g/mol. The van der Waals surface area contributed by atoms with Gasteiger partial charge in [-0.25, -0.2) is 9.86 Å². The number of hydrogen-bond donors (Lipinski definition) is 2. The zero-order chi connectivity index (χ0) is 14.6. The third-order valence-electron chi connectivity index (χ3n) is 2.38. The van der Waals surface area contributed by atoms with Gasteiger partial charge in [0.25, 0.3) is 5.91 Å². The van der Waals surface area contributed by atoms with Gasteiger partial charge >= 0.3 is 6.09 Å². The van der Waals surface area contributed by atoms with E-state index in [9.17, 15) is 9.59 Å². The van der Waals surface area contributed by atoms with Crippen LogP contribution in [0.25, 0.3) is 0 Å². The molecule has 0 spiro atoms. The number of rotatable bonds is 4. The van der Waals surface area contributed by atoms with E-state index in [0.717, 1.165) is 5.06 Å². The highest BCUT2D eigenvalue weighted by Crippen LogP contribution is 2.26. The van der Waals surface area contributed by atoms with Crippen LogP contribution in [0, 0.1) is 0 Å². The molecule has 0 aliphatic rings. The van der Waals surface area contributed by atoms with Gasteiger partial charge in [0.15, 0.2) is 0 Å². The summed E-state index contributed by atoms with van der Waals surface area (Å²) in [6.45, 7) is 0. The minimum absolute atomic E-state index is 0.226. The van der Waals surface area contributed by atoms with Crippen LogP contribution in [-0.2, 0) is 9.63 Å². The molecule has 0 fully saturated rings. The predicted octanol–water partition coefficient (Wildman–Crippen LogP) is 2.32. The monoisotopic (exact) mass is 306 g/mol. The number of halogens is 2. The first-order chi connectivity index (χ1) is 8.86. The summed E-state index contributed by atoms with van der Waals surface area (Å²) in [6.07, 6.45) is -1.34. The Kier molecular flexibility index (Phi) is 5.41. The van der Waals surface area contributed by atoms with E-state index in [4.69, 9.17) is 33.1 Å². The van der Waals surface area contributed by atoms with Crippen LogP contribution in [0.1, 0.15) is 11.6 Å². The summed E-state index contributed by atoms with van der Waals surface area (Å²) >= 11 is 11.6. The molecule has 19 heavy (non-hydrogen) atoms. The lowest BCUT2D eigenvalue weighted by Crippen LogP contribution is -2.40. The highest BCUT2D eigenvalue weighted by atomic mass is 35.5. The van der Waals surface area contributed by atoms with E-state index in [1.54, 1.807) is 0 Å². The van der Waals surface area contributed by atoms with Gasteiger partial charge in [-0.1, -0.05) is 29.3 Å². The number of amides is 2. The smallest absolute Gasteiger partial charge is 0.405 e. The van der Waals surface area contributed by atoms with Crippen LogP contribution in [-0.4, -0.2) is 36.3 Å². The van der Waals surface area contributed by atoms with Crippen molar-refractivity contribution < 1.29 is 19.5 Å². The van der Waals surface area contributed by atoms with E-state index in [-0.39, 0.29) is 5.02 Å². The molecule has 2 amide bonds. The van der Waals surface area contributed by atoms with Gasteiger partial charge in [-0.2, -0.15) is 0 Å². The fraction of sp³-hybridized carbons (Fsp3) is 0.273. The van der Waals surface area contributed by atoms with Crippen LogP contribution in [0.3, 0.4) is 0 Å². The number of carboxylic acid groups (broad SMARTS) is 1. The van der Waals surface area contributed by atoms with Gasteiger partial charge in [0.2, 0.25) is 0 Å². The Morgan fingerprint density at radius 3 is 2.47 bits per heavy atom. The summed E-state index contributed by atoms with van der Waals surface area (Å²) in [5.74, 6) is -0.580. The lowest BCUT2D eigenvalue weighted by Gasteiger charge is -2.22. The second-order valence-electron chi connectivity index (χ2n) is 3.57. The molecule has 104 valence electrons. The SMILES string of the molecule is CON(C)C(=O)C(NC(=O)O)c1ccc(Cl)c(Cl)c1. The summed E-state index contributed by atoms with van der Waals surface area (Å²) in [4.78, 5) is 27.5. The number of hydroxylamine groups is 2. The molecule has 0 aliphatic heterocycles. The van der Waals surface area contributed by atoms with Gasteiger partial charge < -0.3 is 10.4 Å². The van der Waals surface area contributed by atoms with Crippen LogP contribution in [0.5, 0.6) is 0 Å². The molecule has 0 saturated carbocycles. The molecule has 0 aromatic heterocycles. The van der Waals surface area contributed by atoms with Crippen molar-refractivity contribution in [3.8, 4) is 0 Å². The van der Waals surface area contributed by atoms with E-state index in [0.29, 0.717) is 10.6 Å². The first-order valence-corrected chi connectivity index (χ1v) is 5.88. The second kappa shape index (κ2) is 6.60. The number of likely N-dealkylation sites (N-methyl/N-ethyl adjacent to an activating group) is 1. The molecule has 1 rings (SSSR count). The highest BCUT2D eigenvalue weighted by Gasteiger charge is 2.26. The molecule has 8 heteroatoms. The third-order valence-corrected chi connectivity index (χ3v) is 3.12. The minimum Gasteiger partial charge on any atom is -0.465 e. The van der Waals surface area contributed by atoms with Crippen molar-refractivity contribution in [2.24, 2.45) is 0 Å². The highest BCUT2D eigenvalue weighted by molar-refractivity contribution is 6.42. The molecule has 1 atom stereocenters. The van der Waals surface area contributed by atoms with E-state index < -0.39 is 18.0 Å². The summed E-state index contributed by atoms with van der Waals surface area (Å²) in [5.41, 5.74) is 0.366. The zero-order valence-corrected chi connectivity index (χ0v) is 11.7. The average Bonchev–Trinajstić information content (AvgIpc) is 2.37. The van der Waals surface area contributed by atoms with Crippen LogP contribution < -0.4 is 5.32 Å². The Labute approximate surface area is 119 Å². The maximum atomic E-state index is 12.0. The summed E-state index contributed by atoms with van der Waals surface area (Å²) < 4.78 is 0. The second-order valence-corrected chi connectivity index (χ2v) is 4.39. The molecule has 0 aliphatic carbocycles. The molecule has 1 unspecified atom stereocenters. The van der Waals surface area contributed by atoms with E-state index in [1.807, 2.05) is 0 Å². The number of hydrogen-bond acceptors (Lipinski definition) is 3. The summed E-state index contributed by atoms with van der Waals surface area (Å²) in [7, 11) is 2.67. The molecular weight excluding hydrogens is 295 g/mol. The lowest BCUT2D eigenvalue weighted by molar-refractivity contribution is -0.171. The molecule has 1 aromatic rings. The van der Waals surface area contributed by atoms with Gasteiger partial charge in [-0.15, -0.1) is 0 Å². The van der Waals surface area contributed by atoms with Crippen molar-refractivity contribution >= 4 is 35.2 Å². The van der Waals surface area contributed by atoms with E-state index in [2.05, 4.69) is 5.32 Å². The number of nitrogens with zero attached hydrogens (tertiary/aromatic N) is 1. The van der Waals surface area contributed by atoms with Crippen molar-refractivity contribution in [3.63, 3.8) is 0 Å². The summed E-state index contributed by atoms with van der Waals surface area (Å²) in [6, 6.07) is 3.29. The molecule has 0 heterocycles. The predicted molar refractivity (Wildman–Crippen MR) is 70.1 cm³/mol. The third kappa shape index (κ3) is 3.99. The normalized spacial score (nSPS) is 11.8. The first-order valence-electron chi connectivity index (χ1n) is 5.13. The van der Waals surface area contributed by atoms with Crippen LogP contribution >= 0.6 is 23.2 Å². The number of carbonyl (C=O) groups is 2. The minimum atomic E-state index is -1.34. The molecular formula is C11H12Cl2N2O4. The van der Waals surface area contributed by atoms with Gasteiger partial charge in [-0.3, -0.25) is 9.63 Å². The van der Waals surface area contributed by atoms with Crippen LogP contribution in [0.4, 0.5) is 4.79 Å². The van der Waals surface area contributed by atoms with E-state index in [1.165, 1.54) is 32.4 Å². The summed E-state index contributed by atoms with van der Waals surface area (Å²) in [5, 5.41) is 12.4. The molecule has 0 radical (unpaired) electrons. The first kappa shape index (κ1) is 15.6. The Bertz CT molecular complexity index is 496. The van der Waals surface area contributed by atoms with E-state index >= 15 is 0 Å². The Morgan fingerprint density at radius 2 is 2.00 bits per heavy atom. The standard InChI is InChI=1S/C11H12Cl2N2O4/c1-15(19-2)10(16)9(14-11(17)18)6-3-4-7(12)8(13)5-6/h3-5,9,14H,1-2H3,(H,17,18). The van der Waals surface area contributed by atoms with Crippen LogP contribution in [0.15, 0.2) is 18.2 Å². The van der Waals surface area contributed by atoms with Gasteiger partial charge in [0, 0.05) is 7.05 Å². The Morgan fingerprint density at radius 1 is 1.37 bits per heavy atom. The number of benzene rings is 1. The maximum Gasteiger partial charge on any atom is 0.405 e. The van der Waals surface area contributed by atoms with Gasteiger partial charge in [-0.05, 0) is 17.7 Å². The fourth-order valence-electron chi connectivity index (χ4n) is 1.37. The van der Waals surface area contributed by atoms with Crippen molar-refractivity contribution in [1.82, 2.24) is 10.4 Å². The quantitative estimate of drug-likeness (QED) is 0.837. The maximum absolute atomic E-state index is 12.0. The van der Waals surface area contributed by atoms with Crippen molar-refractivity contribution in [2.45, 2.75) is 6.04 Å². The lowest BCUT2D eigenvalue weighted by atomic mass is 10.1. The topological polar surface area (TPSA) is 78.9 Å². The van der Waals surface area contributed by atoms with Crippen LogP contribution in [0.2, 0.25) is 10.0 Å². The van der Waals surface area contributed by atoms with Crippen molar-refractivity contribution in [3.05, 3.63) is 33.8 Å². The molecule has 6 nitrogen and oxygen atoms in total. The Balaban J connectivity index is 3.12. The molecule has 1 aromatic carbocycles. The zero-order valence-electron chi connectivity index (χ0n) is 10.2. The van der Waals surface area contributed by atoms with Gasteiger partial charge in [0.05, 0.1) is 17.2 Å². The number of nitrogens with one attached hydrogen (secondary N) is 1. The fourth-order valence-corrected chi connectivity index (χ4v) is 1.68. The molecule has 2 N–H and O–H groups in total. The molecule has 0 bridgehead atoms. The largest absolute Gasteiger partial charge is 0.465 e. The number of carbonyl (C=O) groups excluding carboxylic acids is 1. The van der Waals surface area contributed by atoms with Crippen molar-refractivity contribution in [1.29, 1.82) is 0 Å². The molecule has 0 saturated heterocycles.